The van der Waals surface area contributed by atoms with E-state index in [1.807, 2.05) is 30.3 Å². The average Bonchev–Trinajstić information content (AvgIpc) is 2.87. The van der Waals surface area contributed by atoms with Gasteiger partial charge in [0.2, 0.25) is 5.91 Å². The summed E-state index contributed by atoms with van der Waals surface area (Å²) in [6, 6.07) is 14.0. The predicted octanol–water partition coefficient (Wildman–Crippen LogP) is 2.58. The van der Waals surface area contributed by atoms with Gasteiger partial charge in [0.25, 0.3) is 0 Å². The fourth-order valence-corrected chi connectivity index (χ4v) is 4.08. The number of pyridine rings is 1. The number of aromatic nitrogens is 1. The Balaban J connectivity index is 1.74. The molecule has 3 rings (SSSR count). The molecule has 2 heterocycles. The third-order valence-corrected chi connectivity index (χ3v) is 5.80. The molecule has 0 aliphatic carbocycles. The third-order valence-electron chi connectivity index (χ3n) is 5.80. The van der Waals surface area contributed by atoms with Crippen molar-refractivity contribution in [3.05, 3.63) is 66.0 Å². The van der Waals surface area contributed by atoms with E-state index in [0.29, 0.717) is 45.8 Å². The van der Waals surface area contributed by atoms with E-state index in [0.717, 1.165) is 30.5 Å². The number of rotatable bonds is 7. The minimum Gasteiger partial charge on any atom is -0.385 e. The first-order chi connectivity index (χ1) is 16.2. The molecule has 0 saturated carbocycles. The number of hydrogen-bond donors (Lipinski definition) is 2. The van der Waals surface area contributed by atoms with Gasteiger partial charge in [0.1, 0.15) is 0 Å². The first-order valence-electron chi connectivity index (χ1n) is 11.6. The molecule has 1 aromatic carbocycles. The van der Waals surface area contributed by atoms with E-state index in [1.165, 1.54) is 0 Å². The van der Waals surface area contributed by atoms with Crippen molar-refractivity contribution in [1.29, 1.82) is 0 Å². The second kappa shape index (κ2) is 13.5. The number of urea groups is 1. The first-order valence-corrected chi connectivity index (χ1v) is 11.6. The van der Waals surface area contributed by atoms with E-state index in [2.05, 4.69) is 32.7 Å². The first kappa shape index (κ1) is 24.7. The summed E-state index contributed by atoms with van der Waals surface area (Å²) in [7, 11) is 1.65. The number of amides is 3. The van der Waals surface area contributed by atoms with Gasteiger partial charge in [-0.3, -0.25) is 14.7 Å². The van der Waals surface area contributed by atoms with Gasteiger partial charge in [-0.2, -0.15) is 0 Å². The highest BCUT2D eigenvalue weighted by Crippen LogP contribution is 2.27. The lowest BCUT2D eigenvalue weighted by atomic mass is 10.00. The molecule has 0 spiro atoms. The zero-order valence-corrected chi connectivity index (χ0v) is 19.4. The van der Waals surface area contributed by atoms with Crippen LogP contribution in [0.2, 0.25) is 0 Å². The summed E-state index contributed by atoms with van der Waals surface area (Å²) in [5, 5.41) is 5.97. The number of hydrogen-bond acceptors (Lipinski definition) is 5. The smallest absolute Gasteiger partial charge is 0.317 e. The molecule has 178 valence electrons. The lowest BCUT2D eigenvalue weighted by molar-refractivity contribution is -0.122. The fraction of sp³-hybridized carbons (Fsp3) is 0.480. The predicted molar refractivity (Wildman–Crippen MR) is 128 cm³/mol. The SMILES string of the molecule is COCCCNC(=O)N1CCCN(Cc2ccncc2)C(c2ccccc2)CC(=O)NCC1. The van der Waals surface area contributed by atoms with Crippen molar-refractivity contribution in [3.63, 3.8) is 0 Å². The van der Waals surface area contributed by atoms with E-state index < -0.39 is 0 Å². The van der Waals surface area contributed by atoms with Crippen LogP contribution >= 0.6 is 0 Å². The summed E-state index contributed by atoms with van der Waals surface area (Å²) in [4.78, 5) is 33.8. The highest BCUT2D eigenvalue weighted by atomic mass is 16.5. The minimum absolute atomic E-state index is 0.00839. The van der Waals surface area contributed by atoms with Gasteiger partial charge in [-0.15, -0.1) is 0 Å². The lowest BCUT2D eigenvalue weighted by Gasteiger charge is -2.32. The highest BCUT2D eigenvalue weighted by Gasteiger charge is 2.25. The summed E-state index contributed by atoms with van der Waals surface area (Å²) in [5.41, 5.74) is 2.27. The number of carbonyl (C=O) groups excluding carboxylic acids is 2. The van der Waals surface area contributed by atoms with Crippen LogP contribution in [0.25, 0.3) is 0 Å². The maximum absolute atomic E-state index is 12.8. The molecule has 1 fully saturated rings. The molecule has 1 aliphatic heterocycles. The molecule has 2 aromatic rings. The summed E-state index contributed by atoms with van der Waals surface area (Å²) in [6.45, 7) is 4.21. The molecular formula is C25H35N5O3. The van der Waals surface area contributed by atoms with E-state index in [4.69, 9.17) is 4.74 Å². The van der Waals surface area contributed by atoms with Crippen molar-refractivity contribution in [1.82, 2.24) is 25.4 Å². The Labute approximate surface area is 196 Å². The molecular weight excluding hydrogens is 418 g/mol. The molecule has 8 nitrogen and oxygen atoms in total. The maximum atomic E-state index is 12.8. The van der Waals surface area contributed by atoms with Gasteiger partial charge >= 0.3 is 6.03 Å². The standard InChI is InChI=1S/C25H35N5O3/c1-33-18-5-11-28-25(32)29-15-6-16-30(20-21-9-12-26-13-10-21)23(19-24(31)27-14-17-29)22-7-3-2-4-8-22/h2-4,7-10,12-13,23H,5-6,11,14-20H2,1H3,(H,27,31)(H,28,32). The van der Waals surface area contributed by atoms with Crippen LogP contribution < -0.4 is 10.6 Å². The van der Waals surface area contributed by atoms with Gasteiger partial charge < -0.3 is 20.3 Å². The van der Waals surface area contributed by atoms with Crippen molar-refractivity contribution in [2.24, 2.45) is 0 Å². The van der Waals surface area contributed by atoms with Gasteiger partial charge in [0.15, 0.2) is 0 Å². The molecule has 1 saturated heterocycles. The molecule has 2 N–H and O–H groups in total. The van der Waals surface area contributed by atoms with E-state index >= 15 is 0 Å². The summed E-state index contributed by atoms with van der Waals surface area (Å²) in [6.07, 6.45) is 5.54. The van der Waals surface area contributed by atoms with Crippen LogP contribution in [0.15, 0.2) is 54.9 Å². The van der Waals surface area contributed by atoms with Gasteiger partial charge in [-0.05, 0) is 36.1 Å². The Bertz CT molecular complexity index is 850. The summed E-state index contributed by atoms with van der Waals surface area (Å²) >= 11 is 0. The highest BCUT2D eigenvalue weighted by molar-refractivity contribution is 5.77. The molecule has 1 aliphatic rings. The van der Waals surface area contributed by atoms with Gasteiger partial charge in [0.05, 0.1) is 0 Å². The fourth-order valence-electron chi connectivity index (χ4n) is 4.08. The molecule has 8 heteroatoms. The Morgan fingerprint density at radius 3 is 2.70 bits per heavy atom. The van der Waals surface area contributed by atoms with Crippen LogP contribution in [-0.2, 0) is 16.1 Å². The molecule has 3 amide bonds. The molecule has 0 bridgehead atoms. The van der Waals surface area contributed by atoms with Crippen LogP contribution in [0, 0.1) is 0 Å². The van der Waals surface area contributed by atoms with Crippen LogP contribution in [-0.4, -0.2) is 73.2 Å². The molecule has 1 aromatic heterocycles. The zero-order valence-electron chi connectivity index (χ0n) is 19.4. The van der Waals surface area contributed by atoms with Crippen LogP contribution in [0.4, 0.5) is 4.79 Å². The number of carbonyl (C=O) groups is 2. The van der Waals surface area contributed by atoms with Crippen LogP contribution in [0.1, 0.15) is 36.4 Å². The quantitative estimate of drug-likeness (QED) is 0.630. The number of ether oxygens (including phenoxy) is 1. The number of benzene rings is 1. The van der Waals surface area contributed by atoms with Gasteiger partial charge in [-0.1, -0.05) is 30.3 Å². The van der Waals surface area contributed by atoms with Crippen molar-refractivity contribution < 1.29 is 14.3 Å². The zero-order chi connectivity index (χ0) is 23.3. The number of methoxy groups -OCH3 is 1. The second-order valence-corrected chi connectivity index (χ2v) is 8.23. The van der Waals surface area contributed by atoms with Crippen molar-refractivity contribution >= 4 is 11.9 Å². The Kier molecular flexibility index (Phi) is 10.1. The Morgan fingerprint density at radius 1 is 1.15 bits per heavy atom. The normalized spacial score (nSPS) is 18.3. The van der Waals surface area contributed by atoms with E-state index in [9.17, 15) is 9.59 Å². The number of nitrogens with one attached hydrogen (secondary N) is 2. The van der Waals surface area contributed by atoms with E-state index in [1.54, 1.807) is 24.4 Å². The molecule has 33 heavy (non-hydrogen) atoms. The van der Waals surface area contributed by atoms with Crippen LogP contribution in [0.3, 0.4) is 0 Å². The Morgan fingerprint density at radius 2 is 1.94 bits per heavy atom. The van der Waals surface area contributed by atoms with Crippen LogP contribution in [0.5, 0.6) is 0 Å². The minimum atomic E-state index is -0.0973. The summed E-state index contributed by atoms with van der Waals surface area (Å²) in [5.74, 6) is -0.00839. The molecule has 1 unspecified atom stereocenters. The number of nitrogens with zero attached hydrogens (tertiary/aromatic N) is 3. The van der Waals surface area contributed by atoms with Crippen molar-refractivity contribution in [2.45, 2.75) is 31.8 Å². The monoisotopic (exact) mass is 453 g/mol. The van der Waals surface area contributed by atoms with Crippen molar-refractivity contribution in [2.75, 3.05) is 46.4 Å². The van der Waals surface area contributed by atoms with E-state index in [-0.39, 0.29) is 18.0 Å². The largest absolute Gasteiger partial charge is 0.385 e. The van der Waals surface area contributed by atoms with Crippen molar-refractivity contribution in [3.8, 4) is 0 Å². The van der Waals surface area contributed by atoms with Gasteiger partial charge in [-0.25, -0.2) is 4.79 Å². The third kappa shape index (κ3) is 8.14. The Hall–Kier alpha value is -2.97. The lowest BCUT2D eigenvalue weighted by Crippen LogP contribution is -2.44. The maximum Gasteiger partial charge on any atom is 0.317 e. The van der Waals surface area contributed by atoms with Gasteiger partial charge in [0, 0.05) is 77.8 Å². The summed E-state index contributed by atoms with van der Waals surface area (Å²) < 4.78 is 5.05. The molecule has 1 atom stereocenters. The average molecular weight is 454 g/mol. The topological polar surface area (TPSA) is 86.8 Å². The molecule has 0 radical (unpaired) electrons. The second-order valence-electron chi connectivity index (χ2n) is 8.23.